The molecule has 154 valence electrons. The third-order valence-electron chi connectivity index (χ3n) is 5.13. The molecule has 1 aromatic heterocycles. The first-order chi connectivity index (χ1) is 14.0. The van der Waals surface area contributed by atoms with Gasteiger partial charge in [0.15, 0.2) is 0 Å². The second-order valence-corrected chi connectivity index (χ2v) is 7.19. The van der Waals surface area contributed by atoms with Gasteiger partial charge in [-0.05, 0) is 43.5 Å². The van der Waals surface area contributed by atoms with Gasteiger partial charge >= 0.3 is 0 Å². The highest BCUT2D eigenvalue weighted by molar-refractivity contribution is 5.83. The minimum atomic E-state index is -0.363. The van der Waals surface area contributed by atoms with Gasteiger partial charge in [-0.25, -0.2) is 4.98 Å². The molecule has 0 saturated heterocycles. The Morgan fingerprint density at radius 3 is 2.55 bits per heavy atom. The number of fused-ring (bicyclic) bond motifs is 1. The molecular weight excluding hydrogens is 364 g/mol. The number of aryl methyl sites for hydroxylation is 1. The minimum Gasteiger partial charge on any atom is -0.380 e. The summed E-state index contributed by atoms with van der Waals surface area (Å²) in [6.07, 6.45) is 0.645. The Bertz CT molecular complexity index is 963. The van der Waals surface area contributed by atoms with E-state index in [-0.39, 0.29) is 11.9 Å². The summed E-state index contributed by atoms with van der Waals surface area (Å²) in [6, 6.07) is 14.5. The summed E-state index contributed by atoms with van der Waals surface area (Å²) in [5.41, 5.74) is 11.0. The van der Waals surface area contributed by atoms with Gasteiger partial charge in [0.05, 0.1) is 30.2 Å². The number of carbonyl (C=O) groups is 1. The van der Waals surface area contributed by atoms with E-state index in [1.165, 1.54) is 11.1 Å². The number of amides is 1. The van der Waals surface area contributed by atoms with Crippen molar-refractivity contribution < 1.29 is 9.53 Å². The molecule has 2 aromatic carbocycles. The third kappa shape index (κ3) is 5.02. The van der Waals surface area contributed by atoms with E-state index >= 15 is 0 Å². The van der Waals surface area contributed by atoms with E-state index in [1.807, 2.05) is 13.8 Å². The maximum Gasteiger partial charge on any atom is 0.234 e. The average molecular weight is 395 g/mol. The Balaban J connectivity index is 1.95. The lowest BCUT2D eigenvalue weighted by Crippen LogP contribution is -2.40. The summed E-state index contributed by atoms with van der Waals surface area (Å²) in [7, 11) is 0. The number of imidazole rings is 1. The smallest absolute Gasteiger partial charge is 0.234 e. The molecule has 6 heteroatoms. The molecule has 3 N–H and O–H groups in total. The van der Waals surface area contributed by atoms with E-state index in [0.717, 1.165) is 22.4 Å². The molecule has 6 nitrogen and oxygen atoms in total. The topological polar surface area (TPSA) is 82.2 Å². The number of ether oxygens (including phenoxy) is 1. The van der Waals surface area contributed by atoms with Gasteiger partial charge in [-0.2, -0.15) is 0 Å². The first kappa shape index (κ1) is 21.0. The summed E-state index contributed by atoms with van der Waals surface area (Å²) in [4.78, 5) is 16.4. The van der Waals surface area contributed by atoms with Gasteiger partial charge < -0.3 is 15.0 Å². The van der Waals surface area contributed by atoms with Gasteiger partial charge in [-0.1, -0.05) is 42.8 Å². The van der Waals surface area contributed by atoms with Crippen LogP contribution in [0.15, 0.2) is 42.5 Å². The second kappa shape index (κ2) is 9.67. The third-order valence-corrected chi connectivity index (χ3v) is 5.13. The summed E-state index contributed by atoms with van der Waals surface area (Å²) < 4.78 is 7.75. The molecule has 0 radical (unpaired) electrons. The number of primary amides is 1. The van der Waals surface area contributed by atoms with Crippen molar-refractivity contribution in [3.05, 3.63) is 53.9 Å². The number of nitrogens with one attached hydrogen (secondary N) is 1. The fraction of sp³-hybridized carbons (Fsp3) is 0.391. The van der Waals surface area contributed by atoms with Crippen molar-refractivity contribution in [2.24, 2.45) is 5.73 Å². The van der Waals surface area contributed by atoms with E-state index in [9.17, 15) is 4.79 Å². The van der Waals surface area contributed by atoms with Gasteiger partial charge in [0.1, 0.15) is 5.82 Å². The molecule has 1 heterocycles. The molecule has 1 atom stereocenters. The quantitative estimate of drug-likeness (QED) is 0.516. The molecular formula is C23H30N4O2. The SMILES string of the molecule is CCOCCn1c(CN[C@@H](CC)C(N)=O)nc2ccc(-c3ccc(C)cc3)cc21. The number of hydrogen-bond acceptors (Lipinski definition) is 4. The molecule has 0 saturated carbocycles. The molecule has 0 spiro atoms. The van der Waals surface area contributed by atoms with E-state index in [1.54, 1.807) is 0 Å². The normalized spacial score (nSPS) is 12.4. The van der Waals surface area contributed by atoms with Crippen LogP contribution in [0.25, 0.3) is 22.2 Å². The first-order valence-electron chi connectivity index (χ1n) is 10.2. The molecule has 3 aromatic rings. The molecule has 0 aliphatic carbocycles. The van der Waals surface area contributed by atoms with Crippen LogP contribution >= 0.6 is 0 Å². The van der Waals surface area contributed by atoms with Crippen molar-refractivity contribution in [3.63, 3.8) is 0 Å². The van der Waals surface area contributed by atoms with Crippen LogP contribution in [0.3, 0.4) is 0 Å². The summed E-state index contributed by atoms with van der Waals surface area (Å²) in [6.45, 7) is 8.47. The Hall–Kier alpha value is -2.70. The van der Waals surface area contributed by atoms with Crippen LogP contribution in [0.4, 0.5) is 0 Å². The fourth-order valence-corrected chi connectivity index (χ4v) is 3.44. The van der Waals surface area contributed by atoms with E-state index in [0.29, 0.717) is 32.7 Å². The zero-order valence-corrected chi connectivity index (χ0v) is 17.4. The van der Waals surface area contributed by atoms with Gasteiger partial charge in [0.25, 0.3) is 0 Å². The highest BCUT2D eigenvalue weighted by Crippen LogP contribution is 2.26. The number of nitrogens with two attached hydrogens (primary N) is 1. The highest BCUT2D eigenvalue weighted by Gasteiger charge is 2.16. The van der Waals surface area contributed by atoms with Crippen LogP contribution in [0.5, 0.6) is 0 Å². The van der Waals surface area contributed by atoms with Crippen molar-refractivity contribution in [1.29, 1.82) is 0 Å². The Morgan fingerprint density at radius 2 is 1.90 bits per heavy atom. The summed E-state index contributed by atoms with van der Waals surface area (Å²) >= 11 is 0. The monoisotopic (exact) mass is 394 g/mol. The molecule has 0 unspecified atom stereocenters. The molecule has 3 rings (SSSR count). The van der Waals surface area contributed by atoms with Crippen molar-refractivity contribution in [2.45, 2.75) is 46.3 Å². The molecule has 0 bridgehead atoms. The van der Waals surface area contributed by atoms with E-state index < -0.39 is 0 Å². The molecule has 0 aliphatic heterocycles. The van der Waals surface area contributed by atoms with Crippen molar-refractivity contribution in [1.82, 2.24) is 14.9 Å². The highest BCUT2D eigenvalue weighted by atomic mass is 16.5. The minimum absolute atomic E-state index is 0.342. The Labute approximate surface area is 172 Å². The van der Waals surface area contributed by atoms with E-state index in [4.69, 9.17) is 15.5 Å². The number of benzene rings is 2. The van der Waals surface area contributed by atoms with Crippen molar-refractivity contribution in [3.8, 4) is 11.1 Å². The lowest BCUT2D eigenvalue weighted by Gasteiger charge is -2.14. The van der Waals surface area contributed by atoms with Crippen LogP contribution in [-0.4, -0.2) is 34.7 Å². The lowest BCUT2D eigenvalue weighted by molar-refractivity contribution is -0.120. The van der Waals surface area contributed by atoms with Gasteiger partial charge in [-0.15, -0.1) is 0 Å². The lowest BCUT2D eigenvalue weighted by atomic mass is 10.0. The summed E-state index contributed by atoms with van der Waals surface area (Å²) in [5.74, 6) is 0.534. The maximum absolute atomic E-state index is 11.6. The van der Waals surface area contributed by atoms with Crippen molar-refractivity contribution in [2.75, 3.05) is 13.2 Å². The van der Waals surface area contributed by atoms with Crippen LogP contribution in [-0.2, 0) is 22.6 Å². The van der Waals surface area contributed by atoms with Crippen LogP contribution < -0.4 is 11.1 Å². The average Bonchev–Trinajstić information content (AvgIpc) is 3.06. The number of rotatable bonds is 10. The number of carbonyl (C=O) groups excluding carboxylic acids is 1. The van der Waals surface area contributed by atoms with Gasteiger partial charge in [0, 0.05) is 13.2 Å². The Kier molecular flexibility index (Phi) is 7.01. The van der Waals surface area contributed by atoms with Gasteiger partial charge in [0.2, 0.25) is 5.91 Å². The number of aromatic nitrogens is 2. The predicted octanol–water partition coefficient (Wildman–Crippen LogP) is 3.40. The maximum atomic E-state index is 11.6. The number of hydrogen-bond donors (Lipinski definition) is 2. The van der Waals surface area contributed by atoms with Crippen LogP contribution in [0, 0.1) is 6.92 Å². The zero-order valence-electron chi connectivity index (χ0n) is 17.4. The zero-order chi connectivity index (χ0) is 20.8. The molecule has 0 fully saturated rings. The second-order valence-electron chi connectivity index (χ2n) is 7.19. The van der Waals surface area contributed by atoms with Gasteiger partial charge in [-0.3, -0.25) is 10.1 Å². The molecule has 1 amide bonds. The Morgan fingerprint density at radius 1 is 1.17 bits per heavy atom. The standard InChI is InChI=1S/C23H30N4O2/c1-4-19(23(24)28)25-15-22-26-20-11-10-18(17-8-6-16(3)7-9-17)14-21(20)27(22)12-13-29-5-2/h6-11,14,19,25H,4-5,12-13,15H2,1-3H3,(H2,24,28)/t19-/m0/s1. The molecule has 29 heavy (non-hydrogen) atoms. The van der Waals surface area contributed by atoms with E-state index in [2.05, 4.69) is 59.3 Å². The number of nitrogens with zero attached hydrogens (tertiary/aromatic N) is 2. The molecule has 0 aliphatic rings. The predicted molar refractivity (Wildman–Crippen MR) is 117 cm³/mol. The van der Waals surface area contributed by atoms with Crippen LogP contribution in [0.1, 0.15) is 31.7 Å². The largest absolute Gasteiger partial charge is 0.380 e. The summed E-state index contributed by atoms with van der Waals surface area (Å²) in [5, 5.41) is 3.23. The van der Waals surface area contributed by atoms with Crippen LogP contribution in [0.2, 0.25) is 0 Å². The first-order valence-corrected chi connectivity index (χ1v) is 10.2. The van der Waals surface area contributed by atoms with Crippen molar-refractivity contribution >= 4 is 16.9 Å². The fourth-order valence-electron chi connectivity index (χ4n) is 3.44.